The number of amides is 2. The van der Waals surface area contributed by atoms with E-state index in [0.29, 0.717) is 18.4 Å². The molecule has 2 amide bonds. The number of aliphatic carboxylic acids is 1. The second kappa shape index (κ2) is 7.36. The molecule has 19 heavy (non-hydrogen) atoms. The van der Waals surface area contributed by atoms with Gasteiger partial charge in [0.25, 0.3) is 0 Å². The van der Waals surface area contributed by atoms with Gasteiger partial charge in [-0.25, -0.2) is 4.79 Å². The van der Waals surface area contributed by atoms with Gasteiger partial charge in [0.05, 0.1) is 0 Å². The van der Waals surface area contributed by atoms with Crippen LogP contribution < -0.4 is 5.32 Å². The van der Waals surface area contributed by atoms with E-state index in [-0.39, 0.29) is 18.6 Å². The second-order valence-corrected chi connectivity index (χ2v) is 5.48. The number of carboxylic acids is 1. The Morgan fingerprint density at radius 1 is 1.32 bits per heavy atom. The molecule has 0 aromatic heterocycles. The second-order valence-electron chi connectivity index (χ2n) is 5.48. The fraction of sp³-hybridized carbons (Fsp3) is 0.857. The minimum atomic E-state index is -0.963. The largest absolute Gasteiger partial charge is 0.480 e. The monoisotopic (exact) mass is 270 g/mol. The van der Waals surface area contributed by atoms with Gasteiger partial charge in [-0.2, -0.15) is 0 Å². The van der Waals surface area contributed by atoms with Crippen LogP contribution in [0.5, 0.6) is 0 Å². The standard InChI is InChI=1S/C14H26N2O3/c1-4-8-16(9-13(17)18)14(19)15-12-7-6-11(5-2)10(12)3/h10-12H,4-9H2,1-3H3,(H,15,19)(H,17,18). The molecule has 1 aliphatic carbocycles. The zero-order valence-electron chi connectivity index (χ0n) is 12.2. The maximum atomic E-state index is 12.1. The average Bonchev–Trinajstić information content (AvgIpc) is 2.69. The molecule has 0 aliphatic heterocycles. The number of rotatable bonds is 6. The quantitative estimate of drug-likeness (QED) is 0.778. The smallest absolute Gasteiger partial charge is 0.323 e. The van der Waals surface area contributed by atoms with E-state index in [0.717, 1.165) is 25.7 Å². The SMILES string of the molecule is CCCN(CC(=O)O)C(=O)NC1CCC(CC)C1C. The van der Waals surface area contributed by atoms with E-state index in [4.69, 9.17) is 5.11 Å². The van der Waals surface area contributed by atoms with Gasteiger partial charge in [-0.3, -0.25) is 4.79 Å². The van der Waals surface area contributed by atoms with E-state index in [9.17, 15) is 9.59 Å². The van der Waals surface area contributed by atoms with Crippen LogP contribution in [0.2, 0.25) is 0 Å². The molecule has 0 saturated heterocycles. The van der Waals surface area contributed by atoms with E-state index in [1.165, 1.54) is 4.90 Å². The molecule has 1 aliphatic rings. The Labute approximate surface area is 115 Å². The number of urea groups is 1. The summed E-state index contributed by atoms with van der Waals surface area (Å²) >= 11 is 0. The summed E-state index contributed by atoms with van der Waals surface area (Å²) in [5.74, 6) is 0.182. The van der Waals surface area contributed by atoms with Crippen molar-refractivity contribution in [2.75, 3.05) is 13.1 Å². The summed E-state index contributed by atoms with van der Waals surface area (Å²) in [6, 6.07) is -0.0524. The van der Waals surface area contributed by atoms with Crippen molar-refractivity contribution in [1.29, 1.82) is 0 Å². The molecule has 0 aromatic rings. The molecular formula is C14H26N2O3. The lowest BCUT2D eigenvalue weighted by atomic mass is 9.93. The highest BCUT2D eigenvalue weighted by Gasteiger charge is 2.33. The highest BCUT2D eigenvalue weighted by atomic mass is 16.4. The van der Waals surface area contributed by atoms with Crippen LogP contribution in [0.25, 0.3) is 0 Å². The molecule has 0 aromatic carbocycles. The van der Waals surface area contributed by atoms with Gasteiger partial charge in [0.15, 0.2) is 0 Å². The minimum Gasteiger partial charge on any atom is -0.480 e. The number of nitrogens with zero attached hydrogens (tertiary/aromatic N) is 1. The van der Waals surface area contributed by atoms with Crippen LogP contribution in [0.4, 0.5) is 4.79 Å². The Morgan fingerprint density at radius 3 is 2.47 bits per heavy atom. The van der Waals surface area contributed by atoms with Crippen LogP contribution >= 0.6 is 0 Å². The summed E-state index contributed by atoms with van der Waals surface area (Å²) in [5.41, 5.74) is 0. The fourth-order valence-electron chi connectivity index (χ4n) is 2.96. The number of carbonyl (C=O) groups excluding carboxylic acids is 1. The van der Waals surface area contributed by atoms with Gasteiger partial charge in [-0.1, -0.05) is 27.2 Å². The molecule has 0 bridgehead atoms. The van der Waals surface area contributed by atoms with Gasteiger partial charge >= 0.3 is 12.0 Å². The summed E-state index contributed by atoms with van der Waals surface area (Å²) < 4.78 is 0. The van der Waals surface area contributed by atoms with Crippen molar-refractivity contribution in [2.24, 2.45) is 11.8 Å². The number of nitrogens with one attached hydrogen (secondary N) is 1. The third-order valence-corrected chi connectivity index (χ3v) is 4.17. The van der Waals surface area contributed by atoms with Crippen molar-refractivity contribution >= 4 is 12.0 Å². The molecule has 0 heterocycles. The number of hydrogen-bond donors (Lipinski definition) is 2. The molecule has 110 valence electrons. The molecule has 1 fully saturated rings. The van der Waals surface area contributed by atoms with Gasteiger partial charge in [0.2, 0.25) is 0 Å². The molecule has 3 unspecified atom stereocenters. The Morgan fingerprint density at radius 2 is 2.00 bits per heavy atom. The Bertz CT molecular complexity index is 320. The number of carbonyl (C=O) groups is 2. The first kappa shape index (κ1) is 15.8. The van der Waals surface area contributed by atoms with Crippen molar-refractivity contribution in [3.63, 3.8) is 0 Å². The molecule has 3 atom stereocenters. The molecule has 0 spiro atoms. The maximum Gasteiger partial charge on any atom is 0.323 e. The first-order valence-corrected chi connectivity index (χ1v) is 7.26. The molecule has 5 nitrogen and oxygen atoms in total. The first-order chi connectivity index (χ1) is 8.99. The van der Waals surface area contributed by atoms with Crippen LogP contribution in [-0.4, -0.2) is 41.1 Å². The Balaban J connectivity index is 2.54. The summed E-state index contributed by atoms with van der Waals surface area (Å²) in [7, 11) is 0. The summed E-state index contributed by atoms with van der Waals surface area (Å²) in [6.45, 7) is 6.55. The van der Waals surface area contributed by atoms with Crippen LogP contribution in [0, 0.1) is 11.8 Å². The number of hydrogen-bond acceptors (Lipinski definition) is 2. The molecular weight excluding hydrogens is 244 g/mol. The molecule has 2 N–H and O–H groups in total. The normalized spacial score (nSPS) is 26.2. The lowest BCUT2D eigenvalue weighted by molar-refractivity contribution is -0.137. The van der Waals surface area contributed by atoms with Crippen LogP contribution in [0.15, 0.2) is 0 Å². The fourth-order valence-corrected chi connectivity index (χ4v) is 2.96. The number of carboxylic acid groups (broad SMARTS) is 1. The van der Waals surface area contributed by atoms with E-state index in [2.05, 4.69) is 19.2 Å². The van der Waals surface area contributed by atoms with E-state index in [1.807, 2.05) is 6.92 Å². The van der Waals surface area contributed by atoms with E-state index in [1.54, 1.807) is 0 Å². The summed E-state index contributed by atoms with van der Waals surface area (Å²) in [6.07, 6.45) is 4.05. The third kappa shape index (κ3) is 4.40. The van der Waals surface area contributed by atoms with Crippen LogP contribution in [0.1, 0.15) is 46.5 Å². The minimum absolute atomic E-state index is 0.186. The van der Waals surface area contributed by atoms with Crippen LogP contribution in [-0.2, 0) is 4.79 Å². The van der Waals surface area contributed by atoms with E-state index < -0.39 is 5.97 Å². The molecule has 5 heteroatoms. The predicted octanol–water partition coefficient (Wildman–Crippen LogP) is 2.32. The van der Waals surface area contributed by atoms with E-state index >= 15 is 0 Å². The Hall–Kier alpha value is -1.26. The molecule has 1 saturated carbocycles. The van der Waals surface area contributed by atoms with Crippen molar-refractivity contribution in [3.8, 4) is 0 Å². The molecule has 0 radical (unpaired) electrons. The van der Waals surface area contributed by atoms with Crippen molar-refractivity contribution < 1.29 is 14.7 Å². The lowest BCUT2D eigenvalue weighted by Gasteiger charge is -2.26. The van der Waals surface area contributed by atoms with Crippen molar-refractivity contribution in [3.05, 3.63) is 0 Å². The molecule has 1 rings (SSSR count). The first-order valence-electron chi connectivity index (χ1n) is 7.26. The van der Waals surface area contributed by atoms with Gasteiger partial charge in [-0.05, 0) is 31.1 Å². The zero-order valence-corrected chi connectivity index (χ0v) is 12.2. The van der Waals surface area contributed by atoms with Gasteiger partial charge < -0.3 is 15.3 Å². The zero-order chi connectivity index (χ0) is 14.4. The lowest BCUT2D eigenvalue weighted by Crippen LogP contribution is -2.48. The predicted molar refractivity (Wildman–Crippen MR) is 74.0 cm³/mol. The average molecular weight is 270 g/mol. The highest BCUT2D eigenvalue weighted by molar-refractivity contribution is 5.80. The highest BCUT2D eigenvalue weighted by Crippen LogP contribution is 2.33. The third-order valence-electron chi connectivity index (χ3n) is 4.17. The van der Waals surface area contributed by atoms with Crippen molar-refractivity contribution in [1.82, 2.24) is 10.2 Å². The van der Waals surface area contributed by atoms with Gasteiger partial charge in [0, 0.05) is 12.6 Å². The summed E-state index contributed by atoms with van der Waals surface area (Å²) in [4.78, 5) is 24.3. The van der Waals surface area contributed by atoms with Gasteiger partial charge in [-0.15, -0.1) is 0 Å². The van der Waals surface area contributed by atoms with Crippen molar-refractivity contribution in [2.45, 2.75) is 52.5 Å². The topological polar surface area (TPSA) is 69.6 Å². The Kier molecular flexibility index (Phi) is 6.12. The van der Waals surface area contributed by atoms with Crippen LogP contribution in [0.3, 0.4) is 0 Å². The summed E-state index contributed by atoms with van der Waals surface area (Å²) in [5, 5.41) is 11.8. The maximum absolute atomic E-state index is 12.1. The van der Waals surface area contributed by atoms with Gasteiger partial charge in [0.1, 0.15) is 6.54 Å².